The van der Waals surface area contributed by atoms with Gasteiger partial charge in [0.2, 0.25) is 0 Å². The standard InChI is InChI=1S/C27H22BrN3O/c1-16-26-25(23-7-4-10-32-23)29-15-31(26)22-9-8-18(27-12-17(13-27)14-27)11-20(22)24(30-16)19-5-2-3-6-21(19)28/h2-11,15-17H,12-14H2,1H3/t16-,17?,27?/m1/s1. The molecule has 0 amide bonds. The molecule has 3 saturated carbocycles. The van der Waals surface area contributed by atoms with Crippen LogP contribution in [0.3, 0.4) is 0 Å². The lowest BCUT2D eigenvalue weighted by atomic mass is 9.42. The van der Waals surface area contributed by atoms with Crippen LogP contribution in [0.1, 0.15) is 54.6 Å². The van der Waals surface area contributed by atoms with Crippen molar-refractivity contribution in [2.24, 2.45) is 10.9 Å². The van der Waals surface area contributed by atoms with Crippen molar-refractivity contribution in [3.8, 4) is 17.1 Å². The van der Waals surface area contributed by atoms with Gasteiger partial charge >= 0.3 is 0 Å². The summed E-state index contributed by atoms with van der Waals surface area (Å²) in [5.74, 6) is 1.72. The molecule has 5 heteroatoms. The quantitative estimate of drug-likeness (QED) is 0.319. The first-order valence-electron chi connectivity index (χ1n) is 11.2. The molecule has 2 aromatic heterocycles. The van der Waals surface area contributed by atoms with E-state index < -0.39 is 0 Å². The van der Waals surface area contributed by atoms with Gasteiger partial charge in [0, 0.05) is 15.6 Å². The highest BCUT2D eigenvalue weighted by Crippen LogP contribution is 2.65. The number of aromatic nitrogens is 2. The third kappa shape index (κ3) is 2.49. The molecule has 3 heterocycles. The van der Waals surface area contributed by atoms with E-state index in [-0.39, 0.29) is 6.04 Å². The molecule has 158 valence electrons. The van der Waals surface area contributed by atoms with Crippen LogP contribution in [0.15, 0.2) is 81.1 Å². The summed E-state index contributed by atoms with van der Waals surface area (Å²) in [7, 11) is 0. The number of hydrogen-bond acceptors (Lipinski definition) is 3. The summed E-state index contributed by atoms with van der Waals surface area (Å²) in [6.45, 7) is 2.14. The first-order valence-corrected chi connectivity index (χ1v) is 12.0. The minimum absolute atomic E-state index is 0.0782. The smallest absolute Gasteiger partial charge is 0.154 e. The second-order valence-corrected chi connectivity index (χ2v) is 10.3. The lowest BCUT2D eigenvalue weighted by Gasteiger charge is -2.62. The van der Waals surface area contributed by atoms with Crippen molar-refractivity contribution in [3.05, 3.63) is 94.0 Å². The molecular formula is C27H22BrN3O. The van der Waals surface area contributed by atoms with E-state index in [1.54, 1.807) is 6.26 Å². The Morgan fingerprint density at radius 1 is 1.03 bits per heavy atom. The Kier molecular flexibility index (Phi) is 3.81. The van der Waals surface area contributed by atoms with E-state index in [0.29, 0.717) is 5.41 Å². The molecule has 2 bridgehead atoms. The summed E-state index contributed by atoms with van der Waals surface area (Å²) >= 11 is 3.78. The minimum atomic E-state index is -0.0782. The van der Waals surface area contributed by atoms with Crippen LogP contribution >= 0.6 is 15.9 Å². The van der Waals surface area contributed by atoms with Crippen LogP contribution in [0.25, 0.3) is 17.1 Å². The summed E-state index contributed by atoms with van der Waals surface area (Å²) in [6.07, 6.45) is 7.62. The van der Waals surface area contributed by atoms with Crippen molar-refractivity contribution in [3.63, 3.8) is 0 Å². The number of fused-ring (bicyclic) bond motifs is 3. The van der Waals surface area contributed by atoms with E-state index >= 15 is 0 Å². The Morgan fingerprint density at radius 2 is 1.88 bits per heavy atom. The third-order valence-corrected chi connectivity index (χ3v) is 8.26. The number of aliphatic imine (C=N–C) groups is 1. The van der Waals surface area contributed by atoms with Gasteiger partial charge in [0.15, 0.2) is 5.76 Å². The number of rotatable bonds is 3. The first kappa shape index (κ1) is 18.6. The molecule has 2 aromatic carbocycles. The maximum atomic E-state index is 5.71. The number of benzene rings is 2. The summed E-state index contributed by atoms with van der Waals surface area (Å²) in [4.78, 5) is 10.0. The van der Waals surface area contributed by atoms with Crippen LogP contribution in [0, 0.1) is 5.92 Å². The Bertz CT molecular complexity index is 1380. The van der Waals surface area contributed by atoms with Gasteiger partial charge in [0.05, 0.1) is 29.4 Å². The van der Waals surface area contributed by atoms with Crippen molar-refractivity contribution >= 4 is 21.6 Å². The van der Waals surface area contributed by atoms with E-state index in [1.807, 2.05) is 18.5 Å². The van der Waals surface area contributed by atoms with Crippen LogP contribution in [0.2, 0.25) is 0 Å². The average molecular weight is 484 g/mol. The van der Waals surface area contributed by atoms with E-state index in [1.165, 1.54) is 30.4 Å². The van der Waals surface area contributed by atoms with Crippen LogP contribution in [-0.4, -0.2) is 15.3 Å². The topological polar surface area (TPSA) is 43.3 Å². The summed E-state index contributed by atoms with van der Waals surface area (Å²) in [6, 6.07) is 19.2. The van der Waals surface area contributed by atoms with Crippen molar-refractivity contribution < 1.29 is 4.42 Å². The number of imidazole rings is 1. The predicted octanol–water partition coefficient (Wildman–Crippen LogP) is 6.86. The lowest BCUT2D eigenvalue weighted by Crippen LogP contribution is -2.55. The maximum absolute atomic E-state index is 5.71. The van der Waals surface area contributed by atoms with Crippen LogP contribution in [0.5, 0.6) is 0 Å². The molecule has 3 fully saturated rings. The molecule has 0 saturated heterocycles. The molecule has 4 nitrogen and oxygen atoms in total. The van der Waals surface area contributed by atoms with Gasteiger partial charge in [-0.2, -0.15) is 0 Å². The highest BCUT2D eigenvalue weighted by atomic mass is 79.9. The van der Waals surface area contributed by atoms with Crippen LogP contribution in [-0.2, 0) is 5.41 Å². The molecule has 0 N–H and O–H groups in total. The number of furan rings is 1. The molecule has 32 heavy (non-hydrogen) atoms. The second kappa shape index (κ2) is 6.55. The van der Waals surface area contributed by atoms with Crippen molar-refractivity contribution in [1.82, 2.24) is 9.55 Å². The number of hydrogen-bond donors (Lipinski definition) is 0. The molecule has 0 radical (unpaired) electrons. The lowest BCUT2D eigenvalue weighted by molar-refractivity contribution is -0.0274. The van der Waals surface area contributed by atoms with Crippen molar-refractivity contribution in [1.29, 1.82) is 0 Å². The molecular weight excluding hydrogens is 462 g/mol. The summed E-state index contributed by atoms with van der Waals surface area (Å²) in [5.41, 5.74) is 8.22. The number of halogens is 1. The highest BCUT2D eigenvalue weighted by Gasteiger charge is 2.57. The normalized spacial score (nSPS) is 25.1. The van der Waals surface area contributed by atoms with E-state index in [9.17, 15) is 0 Å². The van der Waals surface area contributed by atoms with Gasteiger partial charge in [-0.15, -0.1) is 0 Å². The Morgan fingerprint density at radius 3 is 2.59 bits per heavy atom. The predicted molar refractivity (Wildman–Crippen MR) is 128 cm³/mol. The zero-order valence-corrected chi connectivity index (χ0v) is 19.3. The minimum Gasteiger partial charge on any atom is -0.463 e. The second-order valence-electron chi connectivity index (χ2n) is 9.45. The van der Waals surface area contributed by atoms with Gasteiger partial charge in [0.1, 0.15) is 12.0 Å². The van der Waals surface area contributed by atoms with Crippen LogP contribution in [0.4, 0.5) is 0 Å². The molecule has 0 unspecified atom stereocenters. The monoisotopic (exact) mass is 483 g/mol. The fourth-order valence-corrected chi connectivity index (χ4v) is 6.31. The molecule has 4 aromatic rings. The van der Waals surface area contributed by atoms with E-state index in [4.69, 9.17) is 14.4 Å². The Hall–Kier alpha value is -2.92. The molecule has 1 atom stereocenters. The zero-order valence-electron chi connectivity index (χ0n) is 17.8. The summed E-state index contributed by atoms with van der Waals surface area (Å²) in [5, 5.41) is 0. The van der Waals surface area contributed by atoms with Gasteiger partial charge in [-0.25, -0.2) is 4.98 Å². The van der Waals surface area contributed by atoms with Gasteiger partial charge in [0.25, 0.3) is 0 Å². The molecule has 8 rings (SSSR count). The van der Waals surface area contributed by atoms with Gasteiger partial charge in [-0.3, -0.25) is 9.56 Å². The van der Waals surface area contributed by atoms with Crippen LogP contribution < -0.4 is 0 Å². The number of nitrogens with zero attached hydrogens (tertiary/aromatic N) is 3. The summed E-state index contributed by atoms with van der Waals surface area (Å²) < 4.78 is 8.98. The largest absolute Gasteiger partial charge is 0.463 e. The molecule has 0 spiro atoms. The molecule has 1 aliphatic heterocycles. The average Bonchev–Trinajstić information content (AvgIpc) is 3.38. The zero-order chi connectivity index (χ0) is 21.4. The van der Waals surface area contributed by atoms with Crippen molar-refractivity contribution in [2.75, 3.05) is 0 Å². The highest BCUT2D eigenvalue weighted by molar-refractivity contribution is 9.10. The SMILES string of the molecule is C[C@H]1N=C(c2ccccc2Br)c2cc(C34CC(C3)C4)ccc2-n2cnc(-c3ccco3)c21. The van der Waals surface area contributed by atoms with Gasteiger partial charge in [-0.05, 0) is 73.4 Å². The Balaban J connectivity index is 1.49. The fourth-order valence-electron chi connectivity index (χ4n) is 5.84. The van der Waals surface area contributed by atoms with Gasteiger partial charge < -0.3 is 4.42 Å². The van der Waals surface area contributed by atoms with Crippen molar-refractivity contribution in [2.45, 2.75) is 37.6 Å². The van der Waals surface area contributed by atoms with Gasteiger partial charge in [-0.1, -0.05) is 40.2 Å². The Labute approximate surface area is 195 Å². The van der Waals surface area contributed by atoms with E-state index in [2.05, 4.69) is 69.9 Å². The third-order valence-electron chi connectivity index (χ3n) is 7.57. The van der Waals surface area contributed by atoms with E-state index in [0.717, 1.165) is 44.5 Å². The first-order chi connectivity index (χ1) is 15.6. The maximum Gasteiger partial charge on any atom is 0.154 e. The molecule has 3 aliphatic carbocycles. The fraction of sp³-hybridized carbons (Fsp3) is 0.259. The molecule has 4 aliphatic rings.